The predicted molar refractivity (Wildman–Crippen MR) is 96.4 cm³/mol. The van der Waals surface area contributed by atoms with Crippen LogP contribution in [0.4, 0.5) is 5.69 Å². The molecule has 0 aromatic heterocycles. The van der Waals surface area contributed by atoms with Crippen LogP contribution in [0.1, 0.15) is 25.7 Å². The van der Waals surface area contributed by atoms with Gasteiger partial charge in [-0.2, -0.15) is 0 Å². The van der Waals surface area contributed by atoms with E-state index in [4.69, 9.17) is 10.5 Å². The Morgan fingerprint density at radius 2 is 1.92 bits per heavy atom. The highest BCUT2D eigenvalue weighted by Gasteiger charge is 2.25. The Morgan fingerprint density at radius 3 is 2.46 bits per heavy atom. The number of ether oxygens (including phenoxy) is 1. The lowest BCUT2D eigenvalue weighted by Crippen LogP contribution is -2.28. The minimum Gasteiger partial charge on any atom is -0.484 e. The number of hydrogen-bond acceptors (Lipinski definition) is 4. The van der Waals surface area contributed by atoms with Gasteiger partial charge in [0.2, 0.25) is 5.91 Å². The molecule has 1 aliphatic rings. The van der Waals surface area contributed by atoms with Gasteiger partial charge >= 0.3 is 0 Å². The molecule has 134 valence electrons. The summed E-state index contributed by atoms with van der Waals surface area (Å²) in [5.74, 6) is 0.768. The van der Waals surface area contributed by atoms with E-state index >= 15 is 0 Å². The minimum absolute atomic E-state index is 0. The standard InChI is InChI=1S/C17H25N3O3.ClH/c1-20(2)17(22)11-23-14-8-6-13(7-9-14)19-16(21)10-12-4-3-5-15(12)18;/h6-9,12,15H,3-5,10-11,18H2,1-2H3,(H,19,21);1H/t12-,15+;/m0./s1. The number of halogens is 1. The van der Waals surface area contributed by atoms with E-state index < -0.39 is 0 Å². The van der Waals surface area contributed by atoms with Crippen molar-refractivity contribution in [1.29, 1.82) is 0 Å². The highest BCUT2D eigenvalue weighted by atomic mass is 35.5. The minimum atomic E-state index is -0.102. The molecule has 6 nitrogen and oxygen atoms in total. The van der Waals surface area contributed by atoms with Crippen LogP contribution < -0.4 is 15.8 Å². The molecule has 0 heterocycles. The van der Waals surface area contributed by atoms with Gasteiger partial charge in [-0.15, -0.1) is 12.4 Å². The van der Waals surface area contributed by atoms with E-state index in [9.17, 15) is 9.59 Å². The molecule has 2 rings (SSSR count). The average Bonchev–Trinajstić information content (AvgIpc) is 2.91. The molecule has 2 amide bonds. The van der Waals surface area contributed by atoms with Crippen molar-refractivity contribution in [1.82, 2.24) is 4.90 Å². The third-order valence-electron chi connectivity index (χ3n) is 4.16. The second-order valence-corrected chi connectivity index (χ2v) is 6.21. The maximum absolute atomic E-state index is 12.0. The molecule has 1 saturated carbocycles. The van der Waals surface area contributed by atoms with Gasteiger partial charge in [0.25, 0.3) is 5.91 Å². The van der Waals surface area contributed by atoms with Crippen LogP contribution in [0.5, 0.6) is 5.75 Å². The number of amides is 2. The Kier molecular flexibility index (Phi) is 8.01. The van der Waals surface area contributed by atoms with Crippen molar-refractivity contribution in [3.63, 3.8) is 0 Å². The molecule has 7 heteroatoms. The number of likely N-dealkylation sites (N-methyl/N-ethyl adjacent to an activating group) is 1. The summed E-state index contributed by atoms with van der Waals surface area (Å²) >= 11 is 0. The zero-order valence-corrected chi connectivity index (χ0v) is 15.0. The Hall–Kier alpha value is -1.79. The van der Waals surface area contributed by atoms with Gasteiger partial charge in [0.15, 0.2) is 6.61 Å². The number of nitrogens with two attached hydrogens (primary N) is 1. The summed E-state index contributed by atoms with van der Waals surface area (Å²) in [6.45, 7) is -0.00171. The smallest absolute Gasteiger partial charge is 0.259 e. The summed E-state index contributed by atoms with van der Waals surface area (Å²) in [5.41, 5.74) is 6.71. The first-order chi connectivity index (χ1) is 11.0. The molecule has 3 N–H and O–H groups in total. The molecule has 0 unspecified atom stereocenters. The first kappa shape index (κ1) is 20.3. The lowest BCUT2D eigenvalue weighted by molar-refractivity contribution is -0.130. The van der Waals surface area contributed by atoms with Gasteiger partial charge in [-0.1, -0.05) is 6.42 Å². The number of carbonyl (C=O) groups is 2. The van der Waals surface area contributed by atoms with Gasteiger partial charge in [-0.05, 0) is 43.0 Å². The second kappa shape index (κ2) is 9.49. The van der Waals surface area contributed by atoms with Crippen LogP contribution >= 0.6 is 12.4 Å². The first-order valence-corrected chi connectivity index (χ1v) is 7.94. The van der Waals surface area contributed by atoms with E-state index in [2.05, 4.69) is 5.32 Å². The summed E-state index contributed by atoms with van der Waals surface area (Å²) in [7, 11) is 3.36. The van der Waals surface area contributed by atoms with Crippen LogP contribution in [0.25, 0.3) is 0 Å². The number of carbonyl (C=O) groups excluding carboxylic acids is 2. The number of nitrogens with one attached hydrogen (secondary N) is 1. The van der Waals surface area contributed by atoms with Crippen LogP contribution in [0.3, 0.4) is 0 Å². The van der Waals surface area contributed by atoms with Crippen molar-refractivity contribution in [3.8, 4) is 5.75 Å². The van der Waals surface area contributed by atoms with E-state index in [-0.39, 0.29) is 42.8 Å². The van der Waals surface area contributed by atoms with Crippen LogP contribution in [0, 0.1) is 5.92 Å². The van der Waals surface area contributed by atoms with Crippen LogP contribution in [0.15, 0.2) is 24.3 Å². The Morgan fingerprint density at radius 1 is 1.25 bits per heavy atom. The summed E-state index contributed by atoms with van der Waals surface area (Å²) in [5, 5.41) is 2.87. The Bertz CT molecular complexity index is 549. The van der Waals surface area contributed by atoms with Crippen molar-refractivity contribution < 1.29 is 14.3 Å². The maximum atomic E-state index is 12.0. The largest absolute Gasteiger partial charge is 0.484 e. The molecule has 1 aromatic carbocycles. The molecule has 0 bridgehead atoms. The van der Waals surface area contributed by atoms with E-state index in [0.29, 0.717) is 17.9 Å². The predicted octanol–water partition coefficient (Wildman–Crippen LogP) is 2.03. The third kappa shape index (κ3) is 6.02. The van der Waals surface area contributed by atoms with Crippen LogP contribution in [-0.4, -0.2) is 43.5 Å². The quantitative estimate of drug-likeness (QED) is 0.817. The van der Waals surface area contributed by atoms with E-state index in [1.165, 1.54) is 4.90 Å². The van der Waals surface area contributed by atoms with Crippen molar-refractivity contribution in [2.75, 3.05) is 26.0 Å². The summed E-state index contributed by atoms with van der Waals surface area (Å²) < 4.78 is 5.39. The molecular weight excluding hydrogens is 330 g/mol. The van der Waals surface area contributed by atoms with Gasteiger partial charge in [0.05, 0.1) is 0 Å². The monoisotopic (exact) mass is 355 g/mol. The highest BCUT2D eigenvalue weighted by Crippen LogP contribution is 2.27. The van der Waals surface area contributed by atoms with Gasteiger partial charge < -0.3 is 20.7 Å². The van der Waals surface area contributed by atoms with Crippen molar-refractivity contribution in [3.05, 3.63) is 24.3 Å². The van der Waals surface area contributed by atoms with E-state index in [1.54, 1.807) is 38.4 Å². The maximum Gasteiger partial charge on any atom is 0.259 e. The fraction of sp³-hybridized carbons (Fsp3) is 0.529. The summed E-state index contributed by atoms with van der Waals surface area (Å²) in [4.78, 5) is 25.0. The molecular formula is C17H26ClN3O3. The topological polar surface area (TPSA) is 84.7 Å². The van der Waals surface area contributed by atoms with E-state index in [0.717, 1.165) is 19.3 Å². The second-order valence-electron chi connectivity index (χ2n) is 6.21. The Labute approximate surface area is 149 Å². The fourth-order valence-electron chi connectivity index (χ4n) is 2.68. The molecule has 0 spiro atoms. The molecule has 0 radical (unpaired) electrons. The molecule has 2 atom stereocenters. The number of anilines is 1. The summed E-state index contributed by atoms with van der Waals surface area (Å²) in [6.07, 6.45) is 3.62. The third-order valence-corrected chi connectivity index (χ3v) is 4.16. The molecule has 1 fully saturated rings. The van der Waals surface area contributed by atoms with Crippen LogP contribution in [-0.2, 0) is 9.59 Å². The number of benzene rings is 1. The van der Waals surface area contributed by atoms with Gasteiger partial charge in [-0.25, -0.2) is 0 Å². The number of rotatable bonds is 6. The van der Waals surface area contributed by atoms with Gasteiger partial charge in [0, 0.05) is 32.2 Å². The molecule has 24 heavy (non-hydrogen) atoms. The zero-order chi connectivity index (χ0) is 16.8. The van der Waals surface area contributed by atoms with Gasteiger partial charge in [-0.3, -0.25) is 9.59 Å². The number of nitrogens with zero attached hydrogens (tertiary/aromatic N) is 1. The van der Waals surface area contributed by atoms with Crippen molar-refractivity contribution in [2.45, 2.75) is 31.7 Å². The lowest BCUT2D eigenvalue weighted by Gasteiger charge is -2.15. The molecule has 0 aliphatic heterocycles. The summed E-state index contributed by atoms with van der Waals surface area (Å²) in [6, 6.07) is 7.15. The van der Waals surface area contributed by atoms with E-state index in [1.807, 2.05) is 0 Å². The Balaban J connectivity index is 0.00000288. The lowest BCUT2D eigenvalue weighted by atomic mass is 10.00. The SMILES string of the molecule is CN(C)C(=O)COc1ccc(NC(=O)C[C@@H]2CCC[C@H]2N)cc1.Cl. The van der Waals surface area contributed by atoms with Crippen molar-refractivity contribution >= 4 is 29.9 Å². The normalized spacial score (nSPS) is 19.3. The molecule has 0 saturated heterocycles. The number of hydrogen-bond donors (Lipinski definition) is 2. The highest BCUT2D eigenvalue weighted by molar-refractivity contribution is 5.91. The first-order valence-electron chi connectivity index (χ1n) is 7.94. The van der Waals surface area contributed by atoms with Gasteiger partial charge in [0.1, 0.15) is 5.75 Å². The fourth-order valence-corrected chi connectivity index (χ4v) is 2.68. The molecule has 1 aliphatic carbocycles. The molecule has 1 aromatic rings. The van der Waals surface area contributed by atoms with Crippen molar-refractivity contribution in [2.24, 2.45) is 11.7 Å². The zero-order valence-electron chi connectivity index (χ0n) is 14.2. The average molecular weight is 356 g/mol. The van der Waals surface area contributed by atoms with Crippen LogP contribution in [0.2, 0.25) is 0 Å².